The van der Waals surface area contributed by atoms with Crippen molar-refractivity contribution in [3.63, 3.8) is 0 Å². The molecule has 0 radical (unpaired) electrons. The van der Waals surface area contributed by atoms with Crippen LogP contribution in [0.4, 0.5) is 5.69 Å². The van der Waals surface area contributed by atoms with Gasteiger partial charge >= 0.3 is 0 Å². The van der Waals surface area contributed by atoms with E-state index in [0.29, 0.717) is 18.0 Å². The fourth-order valence-electron chi connectivity index (χ4n) is 4.08. The summed E-state index contributed by atoms with van der Waals surface area (Å²) in [5.41, 5.74) is 1.67. The number of hydrogen-bond acceptors (Lipinski definition) is 5. The Morgan fingerprint density at radius 1 is 0.951 bits per heavy atom. The summed E-state index contributed by atoms with van der Waals surface area (Å²) < 4.78 is 35.2. The molecule has 0 saturated carbocycles. The third-order valence-electron chi connectivity index (χ3n) is 6.26. The molecule has 41 heavy (non-hydrogen) atoms. The average Bonchev–Trinajstić information content (AvgIpc) is 2.91. The summed E-state index contributed by atoms with van der Waals surface area (Å²) in [6.07, 6.45) is 0. The topological polar surface area (TPSA) is 96.0 Å². The molecule has 0 saturated heterocycles. The van der Waals surface area contributed by atoms with E-state index in [1.165, 1.54) is 17.0 Å². The highest BCUT2D eigenvalue weighted by molar-refractivity contribution is 9.10. The van der Waals surface area contributed by atoms with Crippen LogP contribution < -0.4 is 14.4 Å². The summed E-state index contributed by atoms with van der Waals surface area (Å²) in [7, 11) is -4.15. The molecule has 10 heteroatoms. The van der Waals surface area contributed by atoms with Crippen molar-refractivity contribution in [3.8, 4) is 5.75 Å². The van der Waals surface area contributed by atoms with Crippen LogP contribution in [0.1, 0.15) is 45.7 Å². The van der Waals surface area contributed by atoms with Crippen molar-refractivity contribution in [2.45, 2.75) is 64.6 Å². The van der Waals surface area contributed by atoms with Gasteiger partial charge in [0.2, 0.25) is 11.8 Å². The standard InChI is InChI=1S/C31H38BrN3O5S/c1-7-40-27-16-14-26(15-17-27)35(41(38,39)28-18-12-25(32)13-19-28)21-29(36)34(20-24-10-8-22(2)9-11-24)23(3)30(37)33-31(4,5)6/h8-19,23H,7,20-21H2,1-6H3,(H,33,37)/t23-/m1/s1. The van der Waals surface area contributed by atoms with Crippen molar-refractivity contribution < 1.29 is 22.7 Å². The average molecular weight is 645 g/mol. The van der Waals surface area contributed by atoms with E-state index in [0.717, 1.165) is 19.9 Å². The van der Waals surface area contributed by atoms with E-state index in [-0.39, 0.29) is 17.3 Å². The maximum absolute atomic E-state index is 14.0. The van der Waals surface area contributed by atoms with Gasteiger partial charge in [0.25, 0.3) is 10.0 Å². The number of ether oxygens (including phenoxy) is 1. The second-order valence-corrected chi connectivity index (χ2v) is 13.6. The molecule has 0 spiro atoms. The molecular formula is C31H38BrN3O5S. The highest BCUT2D eigenvalue weighted by Crippen LogP contribution is 2.27. The molecule has 3 aromatic rings. The molecule has 3 aromatic carbocycles. The minimum absolute atomic E-state index is 0.0333. The van der Waals surface area contributed by atoms with Crippen molar-refractivity contribution in [1.29, 1.82) is 0 Å². The van der Waals surface area contributed by atoms with Crippen molar-refractivity contribution >= 4 is 43.5 Å². The van der Waals surface area contributed by atoms with Gasteiger partial charge in [0, 0.05) is 16.6 Å². The van der Waals surface area contributed by atoms with Gasteiger partial charge in [-0.3, -0.25) is 13.9 Å². The lowest BCUT2D eigenvalue weighted by atomic mass is 10.1. The Bertz CT molecular complexity index is 1440. The molecule has 0 unspecified atom stereocenters. The fraction of sp³-hybridized carbons (Fsp3) is 0.355. The van der Waals surface area contributed by atoms with E-state index >= 15 is 0 Å². The minimum Gasteiger partial charge on any atom is -0.494 e. The van der Waals surface area contributed by atoms with Crippen LogP contribution in [0.25, 0.3) is 0 Å². The fourth-order valence-corrected chi connectivity index (χ4v) is 5.76. The molecule has 220 valence electrons. The molecule has 1 atom stereocenters. The number of carbonyl (C=O) groups is 2. The van der Waals surface area contributed by atoms with Crippen LogP contribution in [-0.4, -0.2) is 49.9 Å². The molecule has 8 nitrogen and oxygen atoms in total. The lowest BCUT2D eigenvalue weighted by Gasteiger charge is -2.33. The molecular weight excluding hydrogens is 606 g/mol. The Labute approximate surface area is 251 Å². The van der Waals surface area contributed by atoms with Gasteiger partial charge in [-0.2, -0.15) is 0 Å². The van der Waals surface area contributed by atoms with Crippen molar-refractivity contribution in [2.75, 3.05) is 17.5 Å². The van der Waals surface area contributed by atoms with Gasteiger partial charge in [0.15, 0.2) is 0 Å². The van der Waals surface area contributed by atoms with Crippen LogP contribution in [0.5, 0.6) is 5.75 Å². The Balaban J connectivity index is 2.03. The number of hydrogen-bond donors (Lipinski definition) is 1. The van der Waals surface area contributed by atoms with Crippen LogP contribution in [0, 0.1) is 6.92 Å². The van der Waals surface area contributed by atoms with Crippen LogP contribution in [-0.2, 0) is 26.2 Å². The second-order valence-electron chi connectivity index (χ2n) is 10.8. The minimum atomic E-state index is -4.15. The largest absolute Gasteiger partial charge is 0.494 e. The molecule has 0 fully saturated rings. The normalized spacial score (nSPS) is 12.4. The lowest BCUT2D eigenvalue weighted by molar-refractivity contribution is -0.140. The van der Waals surface area contributed by atoms with E-state index in [9.17, 15) is 18.0 Å². The highest BCUT2D eigenvalue weighted by Gasteiger charge is 2.33. The Morgan fingerprint density at radius 2 is 1.54 bits per heavy atom. The van der Waals surface area contributed by atoms with Gasteiger partial charge in [0.05, 0.1) is 17.2 Å². The van der Waals surface area contributed by atoms with E-state index in [2.05, 4.69) is 21.2 Å². The molecule has 1 N–H and O–H groups in total. The number of halogens is 1. The van der Waals surface area contributed by atoms with E-state index in [1.807, 2.05) is 58.9 Å². The summed E-state index contributed by atoms with van der Waals surface area (Å²) in [4.78, 5) is 28.7. The van der Waals surface area contributed by atoms with E-state index in [4.69, 9.17) is 4.74 Å². The molecule has 3 rings (SSSR count). The quantitative estimate of drug-likeness (QED) is 0.290. The molecule has 0 aliphatic carbocycles. The molecule has 0 aliphatic rings. The van der Waals surface area contributed by atoms with Gasteiger partial charge in [0.1, 0.15) is 18.3 Å². The zero-order valence-electron chi connectivity index (χ0n) is 24.3. The van der Waals surface area contributed by atoms with Crippen LogP contribution in [0.3, 0.4) is 0 Å². The zero-order valence-corrected chi connectivity index (χ0v) is 26.8. The smallest absolute Gasteiger partial charge is 0.264 e. The number of aryl methyl sites for hydroxylation is 1. The third kappa shape index (κ3) is 8.81. The summed E-state index contributed by atoms with van der Waals surface area (Å²) in [6, 6.07) is 19.6. The highest BCUT2D eigenvalue weighted by atomic mass is 79.9. The second kappa shape index (κ2) is 13.5. The summed E-state index contributed by atoms with van der Waals surface area (Å²) >= 11 is 3.34. The number of nitrogens with zero attached hydrogens (tertiary/aromatic N) is 2. The molecule has 0 bridgehead atoms. The maximum Gasteiger partial charge on any atom is 0.264 e. The van der Waals surface area contributed by atoms with Crippen LogP contribution in [0.15, 0.2) is 82.2 Å². The van der Waals surface area contributed by atoms with Crippen molar-refractivity contribution in [2.24, 2.45) is 0 Å². The Hall–Kier alpha value is -3.37. The number of benzene rings is 3. The van der Waals surface area contributed by atoms with Gasteiger partial charge in [-0.25, -0.2) is 8.42 Å². The first-order chi connectivity index (χ1) is 19.2. The molecule has 0 heterocycles. The van der Waals surface area contributed by atoms with Crippen LogP contribution >= 0.6 is 15.9 Å². The van der Waals surface area contributed by atoms with Crippen molar-refractivity contribution in [3.05, 3.63) is 88.4 Å². The van der Waals surface area contributed by atoms with Gasteiger partial charge in [-0.15, -0.1) is 0 Å². The van der Waals surface area contributed by atoms with E-state index in [1.54, 1.807) is 43.3 Å². The Morgan fingerprint density at radius 3 is 2.07 bits per heavy atom. The number of nitrogens with one attached hydrogen (secondary N) is 1. The van der Waals surface area contributed by atoms with Gasteiger partial charge < -0.3 is 15.0 Å². The number of amides is 2. The van der Waals surface area contributed by atoms with Gasteiger partial charge in [-0.1, -0.05) is 45.8 Å². The molecule has 0 aromatic heterocycles. The number of carbonyl (C=O) groups excluding carboxylic acids is 2. The Kier molecular flexibility index (Phi) is 10.6. The molecule has 0 aliphatic heterocycles. The van der Waals surface area contributed by atoms with Crippen molar-refractivity contribution in [1.82, 2.24) is 10.2 Å². The monoisotopic (exact) mass is 643 g/mol. The predicted molar refractivity (Wildman–Crippen MR) is 165 cm³/mol. The van der Waals surface area contributed by atoms with Crippen LogP contribution in [0.2, 0.25) is 0 Å². The molecule has 2 amide bonds. The van der Waals surface area contributed by atoms with Gasteiger partial charge in [-0.05, 0) is 95.6 Å². The zero-order chi connectivity index (χ0) is 30.4. The first-order valence-corrected chi connectivity index (χ1v) is 15.6. The third-order valence-corrected chi connectivity index (χ3v) is 8.57. The summed E-state index contributed by atoms with van der Waals surface area (Å²) in [5, 5.41) is 2.93. The first kappa shape index (κ1) is 32.1. The van der Waals surface area contributed by atoms with E-state index < -0.39 is 34.1 Å². The first-order valence-electron chi connectivity index (χ1n) is 13.4. The SMILES string of the molecule is CCOc1ccc(N(CC(=O)N(Cc2ccc(C)cc2)[C@H](C)C(=O)NC(C)(C)C)S(=O)(=O)c2ccc(Br)cc2)cc1. The number of rotatable bonds is 11. The summed E-state index contributed by atoms with van der Waals surface area (Å²) in [6.45, 7) is 11.1. The maximum atomic E-state index is 14.0. The predicted octanol–water partition coefficient (Wildman–Crippen LogP) is 5.68. The summed E-state index contributed by atoms with van der Waals surface area (Å²) in [5.74, 6) is -0.268. The lowest BCUT2D eigenvalue weighted by Crippen LogP contribution is -2.54. The number of anilines is 1. The number of sulfonamides is 1.